The Kier molecular flexibility index (Phi) is 2.67. The van der Waals surface area contributed by atoms with Gasteiger partial charge in [-0.1, -0.05) is 4.98 Å². The van der Waals surface area contributed by atoms with Crippen LogP contribution in [0, 0.1) is 10.1 Å². The normalized spacial score (nSPS) is 23.4. The molecule has 1 atom stereocenters. The fourth-order valence-corrected chi connectivity index (χ4v) is 3.07. The zero-order valence-corrected chi connectivity index (χ0v) is 11.8. The van der Waals surface area contributed by atoms with Gasteiger partial charge in [0, 0.05) is 23.8 Å². The summed E-state index contributed by atoms with van der Waals surface area (Å²) < 4.78 is 1.92. The van der Waals surface area contributed by atoms with E-state index < -0.39 is 10.6 Å². The Labute approximate surface area is 126 Å². The van der Waals surface area contributed by atoms with Gasteiger partial charge in [0.2, 0.25) is 5.72 Å². The molecule has 1 aromatic carbocycles. The predicted octanol–water partition coefficient (Wildman–Crippen LogP) is 1.10. The fraction of sp³-hybridized carbons (Fsp3) is 0.333. The van der Waals surface area contributed by atoms with E-state index in [4.69, 9.17) is 0 Å². The van der Waals surface area contributed by atoms with Crippen LogP contribution in [0.25, 0.3) is 0 Å². The van der Waals surface area contributed by atoms with Gasteiger partial charge in [0.15, 0.2) is 0 Å². The molecule has 0 saturated heterocycles. The molecule has 0 bridgehead atoms. The van der Waals surface area contributed by atoms with Gasteiger partial charge >= 0.3 is 5.95 Å². The number of aromatic nitrogens is 2. The van der Waals surface area contributed by atoms with Crippen molar-refractivity contribution in [2.45, 2.75) is 31.2 Å². The molecule has 7 heteroatoms. The minimum absolute atomic E-state index is 0.0200. The summed E-state index contributed by atoms with van der Waals surface area (Å²) in [6.07, 6.45) is 5.64. The van der Waals surface area contributed by atoms with Crippen LogP contribution in [0.1, 0.15) is 18.4 Å². The summed E-state index contributed by atoms with van der Waals surface area (Å²) in [5.74, 6) is 0.742. The topological polar surface area (TPSA) is 83.4 Å². The van der Waals surface area contributed by atoms with Gasteiger partial charge in [0.1, 0.15) is 12.7 Å². The first-order valence-electron chi connectivity index (χ1n) is 7.21. The average molecular weight is 299 g/mol. The van der Waals surface area contributed by atoms with E-state index in [9.17, 15) is 15.2 Å². The van der Waals surface area contributed by atoms with E-state index in [0.717, 1.165) is 18.8 Å². The van der Waals surface area contributed by atoms with Crippen LogP contribution in [0.4, 0.5) is 11.6 Å². The molecule has 1 aromatic heterocycles. The third kappa shape index (κ3) is 1.86. The zero-order chi connectivity index (χ0) is 15.3. The summed E-state index contributed by atoms with van der Waals surface area (Å²) in [6.45, 7) is 0.366. The van der Waals surface area contributed by atoms with Crippen LogP contribution >= 0.6 is 0 Å². The highest BCUT2D eigenvalue weighted by molar-refractivity contribution is 5.44. The van der Waals surface area contributed by atoms with Crippen molar-refractivity contribution in [3.05, 3.63) is 58.4 Å². The lowest BCUT2D eigenvalue weighted by Crippen LogP contribution is -2.46. The number of nitro groups is 1. The number of hydrogen-bond acceptors (Lipinski definition) is 5. The SMILES string of the molecule is O=[N+]([O-])c1ccc([C@]2(O)C[n+]3cccnc3N2C2CC2)cc1. The molecule has 7 nitrogen and oxygen atoms in total. The number of nitrogens with zero attached hydrogens (tertiary/aromatic N) is 4. The number of anilines is 1. The van der Waals surface area contributed by atoms with Crippen molar-refractivity contribution >= 4 is 11.6 Å². The smallest absolute Gasteiger partial charge is 0.353 e. The molecule has 1 fully saturated rings. The van der Waals surface area contributed by atoms with E-state index >= 15 is 0 Å². The molecule has 2 heterocycles. The van der Waals surface area contributed by atoms with Crippen molar-refractivity contribution in [3.8, 4) is 0 Å². The van der Waals surface area contributed by atoms with Crippen LogP contribution < -0.4 is 9.47 Å². The lowest BCUT2D eigenvalue weighted by atomic mass is 10.0. The van der Waals surface area contributed by atoms with Crippen LogP contribution in [-0.4, -0.2) is 21.1 Å². The quantitative estimate of drug-likeness (QED) is 0.521. The predicted molar refractivity (Wildman–Crippen MR) is 76.9 cm³/mol. The van der Waals surface area contributed by atoms with Gasteiger partial charge in [-0.15, -0.1) is 0 Å². The lowest BCUT2D eigenvalue weighted by Gasteiger charge is -2.28. The van der Waals surface area contributed by atoms with Crippen molar-refractivity contribution in [1.82, 2.24) is 4.98 Å². The standard InChI is InChI=1S/C15H15N4O3/c20-15(11-2-4-13(5-3-11)19(21)22)10-17-9-1-8-16-14(17)18(15)12-6-7-12/h1-5,8-9,12,20H,6-7,10H2/q+1/t15-/m1/s1. The van der Waals surface area contributed by atoms with E-state index in [1.807, 2.05) is 21.7 Å². The maximum atomic E-state index is 11.3. The highest BCUT2D eigenvalue weighted by atomic mass is 16.6. The highest BCUT2D eigenvalue weighted by Crippen LogP contribution is 2.42. The van der Waals surface area contributed by atoms with Gasteiger partial charge in [-0.25, -0.2) is 9.47 Å². The summed E-state index contributed by atoms with van der Waals surface area (Å²) in [7, 11) is 0. The molecule has 0 amide bonds. The Morgan fingerprint density at radius 1 is 1.36 bits per heavy atom. The van der Waals surface area contributed by atoms with E-state index in [2.05, 4.69) is 4.98 Å². The number of nitro benzene ring substituents is 1. The summed E-state index contributed by atoms with van der Waals surface area (Å²) >= 11 is 0. The number of non-ortho nitro benzene ring substituents is 1. The molecule has 4 rings (SSSR count). The van der Waals surface area contributed by atoms with E-state index in [0.29, 0.717) is 12.1 Å². The van der Waals surface area contributed by atoms with Crippen molar-refractivity contribution in [1.29, 1.82) is 0 Å². The van der Waals surface area contributed by atoms with Gasteiger partial charge in [-0.3, -0.25) is 10.1 Å². The van der Waals surface area contributed by atoms with Crippen LogP contribution in [-0.2, 0) is 12.3 Å². The monoisotopic (exact) mass is 299 g/mol. The Morgan fingerprint density at radius 2 is 2.09 bits per heavy atom. The Balaban J connectivity index is 1.78. The molecule has 22 heavy (non-hydrogen) atoms. The first kappa shape index (κ1) is 13.1. The molecular formula is C15H15N4O3+. The first-order chi connectivity index (χ1) is 10.6. The molecule has 1 N–H and O–H groups in total. The lowest BCUT2D eigenvalue weighted by molar-refractivity contribution is -0.685. The molecule has 0 spiro atoms. The summed E-state index contributed by atoms with van der Waals surface area (Å²) in [6, 6.07) is 8.21. The van der Waals surface area contributed by atoms with E-state index in [1.165, 1.54) is 12.1 Å². The molecule has 1 aliphatic heterocycles. The minimum Gasteiger partial charge on any atom is -0.353 e. The number of rotatable bonds is 3. The van der Waals surface area contributed by atoms with E-state index in [-0.39, 0.29) is 11.7 Å². The number of hydrogen-bond donors (Lipinski definition) is 1. The second kappa shape index (κ2) is 4.48. The molecule has 0 unspecified atom stereocenters. The van der Waals surface area contributed by atoms with Crippen molar-refractivity contribution < 1.29 is 14.6 Å². The van der Waals surface area contributed by atoms with Gasteiger partial charge in [-0.2, -0.15) is 0 Å². The van der Waals surface area contributed by atoms with Crippen molar-refractivity contribution in [2.75, 3.05) is 4.90 Å². The molecule has 1 aliphatic carbocycles. The maximum absolute atomic E-state index is 11.3. The zero-order valence-electron chi connectivity index (χ0n) is 11.8. The first-order valence-corrected chi connectivity index (χ1v) is 7.21. The second-order valence-electron chi connectivity index (χ2n) is 5.77. The second-order valence-corrected chi connectivity index (χ2v) is 5.77. The van der Waals surface area contributed by atoms with Gasteiger partial charge in [0.25, 0.3) is 5.69 Å². The maximum Gasteiger partial charge on any atom is 0.397 e. The van der Waals surface area contributed by atoms with Crippen molar-refractivity contribution in [3.63, 3.8) is 0 Å². The molecular weight excluding hydrogens is 284 g/mol. The molecule has 0 radical (unpaired) electrons. The summed E-state index contributed by atoms with van der Waals surface area (Å²) in [5, 5.41) is 22.1. The fourth-order valence-electron chi connectivity index (χ4n) is 3.07. The van der Waals surface area contributed by atoms with Gasteiger partial charge in [-0.05, 0) is 25.0 Å². The summed E-state index contributed by atoms with van der Waals surface area (Å²) in [4.78, 5) is 16.7. The Morgan fingerprint density at radius 3 is 2.73 bits per heavy atom. The molecule has 112 valence electrons. The average Bonchev–Trinajstić information content (AvgIpc) is 3.29. The third-order valence-electron chi connectivity index (χ3n) is 4.26. The largest absolute Gasteiger partial charge is 0.397 e. The number of fused-ring (bicyclic) bond motifs is 1. The molecule has 2 aromatic rings. The summed E-state index contributed by atoms with van der Waals surface area (Å²) in [5.41, 5.74) is -0.542. The van der Waals surface area contributed by atoms with Crippen LogP contribution in [0.15, 0.2) is 42.7 Å². The minimum atomic E-state index is -1.21. The van der Waals surface area contributed by atoms with Crippen molar-refractivity contribution in [2.24, 2.45) is 0 Å². The molecule has 2 aliphatic rings. The highest BCUT2D eigenvalue weighted by Gasteiger charge is 2.57. The van der Waals surface area contributed by atoms with Gasteiger partial charge < -0.3 is 5.11 Å². The van der Waals surface area contributed by atoms with Crippen LogP contribution in [0.5, 0.6) is 0 Å². The third-order valence-corrected chi connectivity index (χ3v) is 4.26. The van der Waals surface area contributed by atoms with Crippen LogP contribution in [0.2, 0.25) is 0 Å². The van der Waals surface area contributed by atoms with E-state index in [1.54, 1.807) is 18.3 Å². The number of aliphatic hydroxyl groups is 1. The van der Waals surface area contributed by atoms with Crippen LogP contribution in [0.3, 0.4) is 0 Å². The molecule has 1 saturated carbocycles. The number of benzene rings is 1. The van der Waals surface area contributed by atoms with Gasteiger partial charge in [0.05, 0.1) is 17.2 Å². The Bertz CT molecular complexity index is 745. The Hall–Kier alpha value is -2.54.